The minimum atomic E-state index is -0.0538. The third-order valence-electron chi connectivity index (χ3n) is 2.55. The third kappa shape index (κ3) is 2.19. The van der Waals surface area contributed by atoms with Crippen LogP contribution >= 0.6 is 0 Å². The molecule has 1 aliphatic heterocycles. The molecule has 1 unspecified atom stereocenters. The largest absolute Gasteiger partial charge is 0.373 e. The van der Waals surface area contributed by atoms with E-state index >= 15 is 0 Å². The highest BCUT2D eigenvalue weighted by Gasteiger charge is 2.33. The Labute approximate surface area is 74.9 Å². The van der Waals surface area contributed by atoms with E-state index in [9.17, 15) is 0 Å². The number of ether oxygens (including phenoxy) is 1. The zero-order valence-electron chi connectivity index (χ0n) is 8.18. The van der Waals surface area contributed by atoms with Crippen LogP contribution in [-0.4, -0.2) is 43.8 Å². The van der Waals surface area contributed by atoms with Gasteiger partial charge >= 0.3 is 0 Å². The highest BCUT2D eigenvalue weighted by atomic mass is 16.5. The second-order valence-electron chi connectivity index (χ2n) is 3.66. The molecular weight excluding hydrogens is 152 g/mol. The van der Waals surface area contributed by atoms with Gasteiger partial charge in [-0.1, -0.05) is 0 Å². The normalized spacial score (nSPS) is 32.2. The molecule has 0 saturated carbocycles. The summed E-state index contributed by atoms with van der Waals surface area (Å²) in [4.78, 5) is 2.30. The number of likely N-dealkylation sites (N-methyl/N-ethyl adjacent to an activating group) is 1. The van der Waals surface area contributed by atoms with Crippen molar-refractivity contribution >= 4 is 0 Å². The molecule has 1 aliphatic rings. The maximum Gasteiger partial charge on any atom is 0.0930 e. The van der Waals surface area contributed by atoms with E-state index in [0.717, 1.165) is 19.6 Å². The fraction of sp³-hybridized carbons (Fsp3) is 1.00. The van der Waals surface area contributed by atoms with Gasteiger partial charge in [-0.3, -0.25) is 0 Å². The number of piperidine rings is 1. The number of hydrogen-bond acceptors (Lipinski definition) is 3. The molecule has 0 aliphatic carbocycles. The van der Waals surface area contributed by atoms with Gasteiger partial charge in [0.25, 0.3) is 0 Å². The summed E-state index contributed by atoms with van der Waals surface area (Å²) in [6.07, 6.45) is 2.31. The minimum absolute atomic E-state index is 0.0538. The summed E-state index contributed by atoms with van der Waals surface area (Å²) >= 11 is 0. The smallest absolute Gasteiger partial charge is 0.0930 e. The first-order valence-corrected chi connectivity index (χ1v) is 4.75. The Kier molecular flexibility index (Phi) is 3.50. The number of nitrogens with two attached hydrogens (primary N) is 1. The molecule has 1 heterocycles. The predicted molar refractivity (Wildman–Crippen MR) is 50.1 cm³/mol. The molecule has 0 radical (unpaired) electrons. The fourth-order valence-corrected chi connectivity index (χ4v) is 1.97. The summed E-state index contributed by atoms with van der Waals surface area (Å²) in [6.45, 7) is 5.61. The Bertz CT molecular complexity index is 136. The number of hydrogen-bond donors (Lipinski definition) is 1. The third-order valence-corrected chi connectivity index (χ3v) is 2.55. The molecule has 0 aromatic carbocycles. The molecule has 12 heavy (non-hydrogen) atoms. The SMILES string of the molecule is CCOC1(CN)CCCN(C)C1. The van der Waals surface area contributed by atoms with Gasteiger partial charge in [0.05, 0.1) is 5.60 Å². The van der Waals surface area contributed by atoms with Crippen LogP contribution in [0.1, 0.15) is 19.8 Å². The van der Waals surface area contributed by atoms with Crippen LogP contribution in [-0.2, 0) is 4.74 Å². The van der Waals surface area contributed by atoms with E-state index in [1.807, 2.05) is 6.92 Å². The van der Waals surface area contributed by atoms with Crippen molar-refractivity contribution in [2.45, 2.75) is 25.4 Å². The monoisotopic (exact) mass is 172 g/mol. The first-order valence-electron chi connectivity index (χ1n) is 4.75. The Morgan fingerprint density at radius 3 is 2.83 bits per heavy atom. The molecule has 1 fully saturated rings. The van der Waals surface area contributed by atoms with E-state index in [1.54, 1.807) is 0 Å². The topological polar surface area (TPSA) is 38.5 Å². The summed E-state index contributed by atoms with van der Waals surface area (Å²) in [5, 5.41) is 0. The number of rotatable bonds is 3. The van der Waals surface area contributed by atoms with Crippen molar-refractivity contribution in [3.05, 3.63) is 0 Å². The van der Waals surface area contributed by atoms with E-state index in [1.165, 1.54) is 13.0 Å². The van der Waals surface area contributed by atoms with E-state index in [4.69, 9.17) is 10.5 Å². The Balaban J connectivity index is 2.51. The summed E-state index contributed by atoms with van der Waals surface area (Å²) in [6, 6.07) is 0. The van der Waals surface area contributed by atoms with E-state index in [-0.39, 0.29) is 5.60 Å². The number of likely N-dealkylation sites (tertiary alicyclic amines) is 1. The molecular formula is C9H20N2O. The summed E-state index contributed by atoms with van der Waals surface area (Å²) in [5.41, 5.74) is 5.68. The maximum absolute atomic E-state index is 5.73. The van der Waals surface area contributed by atoms with Crippen molar-refractivity contribution in [1.29, 1.82) is 0 Å². The van der Waals surface area contributed by atoms with E-state index in [2.05, 4.69) is 11.9 Å². The van der Waals surface area contributed by atoms with Crippen LogP contribution in [0.5, 0.6) is 0 Å². The lowest BCUT2D eigenvalue weighted by Gasteiger charge is -2.40. The Morgan fingerprint density at radius 1 is 1.58 bits per heavy atom. The van der Waals surface area contributed by atoms with Crippen LogP contribution in [0.25, 0.3) is 0 Å². The minimum Gasteiger partial charge on any atom is -0.373 e. The van der Waals surface area contributed by atoms with Gasteiger partial charge in [0, 0.05) is 19.7 Å². The lowest BCUT2D eigenvalue weighted by Crippen LogP contribution is -2.53. The van der Waals surface area contributed by atoms with Crippen molar-refractivity contribution in [2.24, 2.45) is 5.73 Å². The second kappa shape index (κ2) is 4.21. The number of nitrogens with zero attached hydrogens (tertiary/aromatic N) is 1. The molecule has 0 spiro atoms. The van der Waals surface area contributed by atoms with Gasteiger partial charge in [-0.25, -0.2) is 0 Å². The van der Waals surface area contributed by atoms with Crippen molar-refractivity contribution in [2.75, 3.05) is 33.3 Å². The van der Waals surface area contributed by atoms with E-state index < -0.39 is 0 Å². The van der Waals surface area contributed by atoms with Crippen molar-refractivity contribution in [3.8, 4) is 0 Å². The van der Waals surface area contributed by atoms with Crippen LogP contribution in [0.3, 0.4) is 0 Å². The van der Waals surface area contributed by atoms with Crippen LogP contribution < -0.4 is 5.73 Å². The van der Waals surface area contributed by atoms with Gasteiger partial charge in [0.15, 0.2) is 0 Å². The zero-order valence-corrected chi connectivity index (χ0v) is 8.18. The van der Waals surface area contributed by atoms with Gasteiger partial charge in [-0.05, 0) is 33.4 Å². The molecule has 0 aromatic heterocycles. The lowest BCUT2D eigenvalue weighted by molar-refractivity contribution is -0.0739. The summed E-state index contributed by atoms with van der Waals surface area (Å²) in [5.74, 6) is 0. The van der Waals surface area contributed by atoms with Crippen molar-refractivity contribution in [1.82, 2.24) is 4.90 Å². The standard InChI is InChI=1S/C9H20N2O/c1-3-12-9(7-10)5-4-6-11(2)8-9/h3-8,10H2,1-2H3. The molecule has 1 rings (SSSR count). The Hall–Kier alpha value is -0.120. The van der Waals surface area contributed by atoms with Gasteiger partial charge in [0.2, 0.25) is 0 Å². The average molecular weight is 172 g/mol. The highest BCUT2D eigenvalue weighted by Crippen LogP contribution is 2.22. The molecule has 2 N–H and O–H groups in total. The second-order valence-corrected chi connectivity index (χ2v) is 3.66. The molecule has 1 atom stereocenters. The fourth-order valence-electron chi connectivity index (χ4n) is 1.97. The van der Waals surface area contributed by atoms with Crippen LogP contribution in [0.2, 0.25) is 0 Å². The quantitative estimate of drug-likeness (QED) is 0.671. The zero-order chi connectivity index (χ0) is 9.03. The van der Waals surface area contributed by atoms with Crippen LogP contribution in [0.15, 0.2) is 0 Å². The molecule has 0 amide bonds. The summed E-state index contributed by atoms with van der Waals surface area (Å²) in [7, 11) is 2.13. The van der Waals surface area contributed by atoms with Gasteiger partial charge in [0.1, 0.15) is 0 Å². The summed E-state index contributed by atoms with van der Waals surface area (Å²) < 4.78 is 5.72. The van der Waals surface area contributed by atoms with Gasteiger partial charge in [-0.2, -0.15) is 0 Å². The molecule has 0 aromatic rings. The highest BCUT2D eigenvalue weighted by molar-refractivity contribution is 4.88. The molecule has 3 heteroatoms. The predicted octanol–water partition coefficient (Wildman–Crippen LogP) is 0.446. The molecule has 0 bridgehead atoms. The first-order chi connectivity index (χ1) is 5.72. The first kappa shape index (κ1) is 9.96. The van der Waals surface area contributed by atoms with E-state index in [0.29, 0.717) is 6.54 Å². The Morgan fingerprint density at radius 2 is 2.33 bits per heavy atom. The average Bonchev–Trinajstić information content (AvgIpc) is 2.05. The van der Waals surface area contributed by atoms with Crippen LogP contribution in [0.4, 0.5) is 0 Å². The van der Waals surface area contributed by atoms with Crippen LogP contribution in [0, 0.1) is 0 Å². The maximum atomic E-state index is 5.73. The van der Waals surface area contributed by atoms with Crippen molar-refractivity contribution < 1.29 is 4.74 Å². The molecule has 3 nitrogen and oxygen atoms in total. The van der Waals surface area contributed by atoms with Gasteiger partial charge < -0.3 is 15.4 Å². The van der Waals surface area contributed by atoms with Crippen molar-refractivity contribution in [3.63, 3.8) is 0 Å². The van der Waals surface area contributed by atoms with Gasteiger partial charge in [-0.15, -0.1) is 0 Å². The lowest BCUT2D eigenvalue weighted by atomic mass is 9.93. The molecule has 72 valence electrons. The molecule has 1 saturated heterocycles.